The second-order valence-electron chi connectivity index (χ2n) is 5.22. The number of ether oxygens (including phenoxy) is 1. The van der Waals surface area contributed by atoms with Crippen molar-refractivity contribution in [1.82, 2.24) is 0 Å². The van der Waals surface area contributed by atoms with Gasteiger partial charge in [0.05, 0.1) is 0 Å². The summed E-state index contributed by atoms with van der Waals surface area (Å²) in [5.74, 6) is 1.09. The minimum atomic E-state index is -0.185. The minimum absolute atomic E-state index is 0.00993. The fraction of sp³-hybridized carbons (Fsp3) is 0.750. The topological polar surface area (TPSA) is 26.3 Å². The first kappa shape index (κ1) is 9.75. The fourth-order valence-corrected chi connectivity index (χ4v) is 3.00. The number of esters is 1. The van der Waals surface area contributed by atoms with Gasteiger partial charge in [-0.3, -0.25) is 4.79 Å². The Balaban J connectivity index is 2.08. The van der Waals surface area contributed by atoms with Gasteiger partial charge in [-0.1, -0.05) is 20.4 Å². The molecule has 2 nitrogen and oxygen atoms in total. The third-order valence-corrected chi connectivity index (χ3v) is 4.14. The summed E-state index contributed by atoms with van der Waals surface area (Å²) in [7, 11) is 0. The van der Waals surface area contributed by atoms with E-state index in [4.69, 9.17) is 4.74 Å². The molecule has 0 unspecified atom stereocenters. The molecule has 2 bridgehead atoms. The molecule has 0 spiro atoms. The maximum atomic E-state index is 10.9. The van der Waals surface area contributed by atoms with Crippen LogP contribution in [0.2, 0.25) is 0 Å². The third-order valence-electron chi connectivity index (χ3n) is 4.14. The number of carbonyl (C=O) groups excluding carboxylic acids is 1. The van der Waals surface area contributed by atoms with E-state index in [9.17, 15) is 4.79 Å². The van der Waals surface area contributed by atoms with E-state index >= 15 is 0 Å². The van der Waals surface area contributed by atoms with Crippen LogP contribution in [-0.4, -0.2) is 12.1 Å². The van der Waals surface area contributed by atoms with Crippen LogP contribution in [0.1, 0.15) is 33.6 Å². The van der Waals surface area contributed by atoms with E-state index in [0.29, 0.717) is 17.3 Å². The summed E-state index contributed by atoms with van der Waals surface area (Å²) in [5, 5.41) is 0. The molecular weight excluding hydrogens is 176 g/mol. The largest absolute Gasteiger partial charge is 0.458 e. The van der Waals surface area contributed by atoms with Crippen molar-refractivity contribution in [2.45, 2.75) is 39.7 Å². The fourth-order valence-electron chi connectivity index (χ4n) is 3.00. The second-order valence-corrected chi connectivity index (χ2v) is 5.22. The molecule has 3 saturated carbocycles. The van der Waals surface area contributed by atoms with Gasteiger partial charge in [0.15, 0.2) is 0 Å². The first-order valence-electron chi connectivity index (χ1n) is 5.29. The van der Waals surface area contributed by atoms with E-state index in [1.165, 1.54) is 13.3 Å². The maximum Gasteiger partial charge on any atom is 0.303 e. The molecule has 0 N–H and O–H groups in total. The molecule has 0 radical (unpaired) electrons. The van der Waals surface area contributed by atoms with Crippen LogP contribution in [0, 0.1) is 17.3 Å². The van der Waals surface area contributed by atoms with E-state index in [2.05, 4.69) is 20.4 Å². The number of hydrogen-bond donors (Lipinski definition) is 0. The molecule has 0 heterocycles. The van der Waals surface area contributed by atoms with Crippen LogP contribution >= 0.6 is 0 Å². The zero-order valence-corrected chi connectivity index (χ0v) is 9.17. The van der Waals surface area contributed by atoms with Crippen molar-refractivity contribution >= 4 is 5.97 Å². The van der Waals surface area contributed by atoms with E-state index < -0.39 is 0 Å². The molecule has 3 aliphatic rings. The first-order valence-corrected chi connectivity index (χ1v) is 5.29. The predicted octanol–water partition coefficient (Wildman–Crippen LogP) is 2.54. The van der Waals surface area contributed by atoms with Crippen LogP contribution in [0.4, 0.5) is 0 Å². The summed E-state index contributed by atoms with van der Waals surface area (Å²) in [6, 6.07) is 0. The quantitative estimate of drug-likeness (QED) is 0.473. The van der Waals surface area contributed by atoms with Crippen LogP contribution in [-0.2, 0) is 9.53 Å². The van der Waals surface area contributed by atoms with Crippen LogP contribution in [0.5, 0.6) is 0 Å². The highest BCUT2D eigenvalue weighted by molar-refractivity contribution is 5.66. The molecule has 78 valence electrons. The molecule has 3 rings (SSSR count). The number of fused-ring (bicyclic) bond motifs is 2. The Bertz CT molecular complexity index is 291. The third kappa shape index (κ3) is 1.20. The SMILES string of the molecule is C=C1[C@@H](OC(C)=O)C[C@H]2C[C@@H]1C2(C)C. The van der Waals surface area contributed by atoms with Gasteiger partial charge in [0.2, 0.25) is 0 Å². The van der Waals surface area contributed by atoms with Crippen molar-refractivity contribution in [1.29, 1.82) is 0 Å². The molecule has 0 aromatic heterocycles. The normalized spacial score (nSPS) is 38.8. The van der Waals surface area contributed by atoms with Crippen molar-refractivity contribution in [3.63, 3.8) is 0 Å². The van der Waals surface area contributed by atoms with Crippen LogP contribution < -0.4 is 0 Å². The molecule has 0 aromatic rings. The standard InChI is InChI=1S/C12H18O2/c1-7-10-5-9(12(10,3)4)6-11(7)14-8(2)13/h9-11H,1,5-6H2,2-4H3/t9-,10+,11+/m1/s1. The van der Waals surface area contributed by atoms with Crippen LogP contribution in [0.3, 0.4) is 0 Å². The first-order chi connectivity index (χ1) is 6.43. The zero-order valence-electron chi connectivity index (χ0n) is 9.17. The Hall–Kier alpha value is -0.790. The van der Waals surface area contributed by atoms with Crippen molar-refractivity contribution in [2.24, 2.45) is 17.3 Å². The Morgan fingerprint density at radius 1 is 1.50 bits per heavy atom. The van der Waals surface area contributed by atoms with Crippen molar-refractivity contribution in [2.75, 3.05) is 0 Å². The molecular formula is C12H18O2. The molecule has 3 aliphatic carbocycles. The predicted molar refractivity (Wildman–Crippen MR) is 54.7 cm³/mol. The zero-order chi connectivity index (χ0) is 10.5. The van der Waals surface area contributed by atoms with Crippen molar-refractivity contribution < 1.29 is 9.53 Å². The molecule has 14 heavy (non-hydrogen) atoms. The van der Waals surface area contributed by atoms with Crippen LogP contribution in [0.15, 0.2) is 12.2 Å². The van der Waals surface area contributed by atoms with Crippen molar-refractivity contribution in [3.8, 4) is 0 Å². The minimum Gasteiger partial charge on any atom is -0.458 e. The van der Waals surface area contributed by atoms with Gasteiger partial charge in [0, 0.05) is 6.92 Å². The van der Waals surface area contributed by atoms with Gasteiger partial charge in [0.1, 0.15) is 6.10 Å². The monoisotopic (exact) mass is 194 g/mol. The van der Waals surface area contributed by atoms with E-state index in [1.807, 2.05) is 0 Å². The number of rotatable bonds is 1. The Morgan fingerprint density at radius 2 is 2.14 bits per heavy atom. The van der Waals surface area contributed by atoms with Gasteiger partial charge in [0.25, 0.3) is 0 Å². The molecule has 2 heteroatoms. The highest BCUT2D eigenvalue weighted by Gasteiger charge is 2.55. The van der Waals surface area contributed by atoms with Crippen molar-refractivity contribution in [3.05, 3.63) is 12.2 Å². The van der Waals surface area contributed by atoms with E-state index in [-0.39, 0.29) is 12.1 Å². The van der Waals surface area contributed by atoms with E-state index in [1.54, 1.807) is 0 Å². The highest BCUT2D eigenvalue weighted by Crippen LogP contribution is 2.61. The lowest BCUT2D eigenvalue weighted by atomic mass is 9.47. The molecule has 0 amide bonds. The molecule has 0 aromatic carbocycles. The number of hydrogen-bond acceptors (Lipinski definition) is 2. The van der Waals surface area contributed by atoms with E-state index in [0.717, 1.165) is 12.0 Å². The van der Waals surface area contributed by atoms with Gasteiger partial charge < -0.3 is 4.74 Å². The lowest BCUT2D eigenvalue weighted by molar-refractivity contribution is -0.153. The molecule has 0 aliphatic heterocycles. The summed E-state index contributed by atoms with van der Waals surface area (Å²) >= 11 is 0. The Labute approximate surface area is 85.3 Å². The lowest BCUT2D eigenvalue weighted by Crippen LogP contribution is -2.54. The summed E-state index contributed by atoms with van der Waals surface area (Å²) in [6.07, 6.45) is 2.20. The summed E-state index contributed by atoms with van der Waals surface area (Å²) in [6.45, 7) is 10.1. The average Bonchev–Trinajstić information content (AvgIpc) is 2.06. The van der Waals surface area contributed by atoms with Gasteiger partial charge >= 0.3 is 5.97 Å². The maximum absolute atomic E-state index is 10.9. The van der Waals surface area contributed by atoms with Crippen LogP contribution in [0.25, 0.3) is 0 Å². The number of carbonyl (C=O) groups is 1. The Kier molecular flexibility index (Phi) is 1.98. The summed E-state index contributed by atoms with van der Waals surface area (Å²) in [4.78, 5) is 10.9. The summed E-state index contributed by atoms with van der Waals surface area (Å²) < 4.78 is 5.26. The highest BCUT2D eigenvalue weighted by atomic mass is 16.5. The Morgan fingerprint density at radius 3 is 2.57 bits per heavy atom. The van der Waals surface area contributed by atoms with Gasteiger partial charge in [-0.2, -0.15) is 0 Å². The molecule has 0 saturated heterocycles. The molecule has 3 atom stereocenters. The average molecular weight is 194 g/mol. The second kappa shape index (κ2) is 2.85. The smallest absolute Gasteiger partial charge is 0.303 e. The lowest BCUT2D eigenvalue weighted by Gasteiger charge is -2.59. The van der Waals surface area contributed by atoms with Gasteiger partial charge in [-0.15, -0.1) is 0 Å². The summed E-state index contributed by atoms with van der Waals surface area (Å²) in [5.41, 5.74) is 1.51. The van der Waals surface area contributed by atoms with Gasteiger partial charge in [-0.05, 0) is 35.7 Å². The molecule has 3 fully saturated rings. The van der Waals surface area contributed by atoms with Gasteiger partial charge in [-0.25, -0.2) is 0 Å².